The molecule has 7 heteroatoms. The fourth-order valence-corrected chi connectivity index (χ4v) is 3.56. The van der Waals surface area contributed by atoms with E-state index in [9.17, 15) is 9.50 Å². The van der Waals surface area contributed by atoms with Crippen molar-refractivity contribution >= 4 is 16.9 Å². The third-order valence-corrected chi connectivity index (χ3v) is 5.14. The van der Waals surface area contributed by atoms with Crippen molar-refractivity contribution in [3.63, 3.8) is 0 Å². The Hall–Kier alpha value is -4.10. The van der Waals surface area contributed by atoms with Crippen LogP contribution in [0.4, 0.5) is 10.2 Å². The predicted octanol–water partition coefficient (Wildman–Crippen LogP) is 4.36. The van der Waals surface area contributed by atoms with Crippen molar-refractivity contribution in [2.24, 2.45) is 0 Å². The van der Waals surface area contributed by atoms with Crippen molar-refractivity contribution < 1.29 is 9.50 Å². The summed E-state index contributed by atoms with van der Waals surface area (Å²) in [4.78, 5) is 13.5. The van der Waals surface area contributed by atoms with Gasteiger partial charge in [0.2, 0.25) is 0 Å². The quantitative estimate of drug-likeness (QED) is 0.459. The molecule has 0 aliphatic carbocycles. The zero-order valence-corrected chi connectivity index (χ0v) is 16.4. The summed E-state index contributed by atoms with van der Waals surface area (Å²) in [6.07, 6.45) is 3.33. The van der Waals surface area contributed by atoms with E-state index in [0.29, 0.717) is 28.4 Å². The number of aromatic nitrogens is 4. The maximum absolute atomic E-state index is 13.4. The van der Waals surface area contributed by atoms with Crippen molar-refractivity contribution in [2.45, 2.75) is 6.61 Å². The molecule has 5 aromatic rings. The Morgan fingerprint density at radius 2 is 1.74 bits per heavy atom. The summed E-state index contributed by atoms with van der Waals surface area (Å²) in [5.41, 5.74) is 11.5. The van der Waals surface area contributed by atoms with Crippen LogP contribution >= 0.6 is 0 Å². The normalized spacial score (nSPS) is 11.2. The van der Waals surface area contributed by atoms with Crippen molar-refractivity contribution in [3.8, 4) is 28.3 Å². The summed E-state index contributed by atoms with van der Waals surface area (Å²) in [7, 11) is 0. The van der Waals surface area contributed by atoms with Crippen LogP contribution < -0.4 is 5.73 Å². The molecule has 0 spiro atoms. The molecule has 5 rings (SSSR count). The van der Waals surface area contributed by atoms with E-state index in [1.165, 1.54) is 12.1 Å². The van der Waals surface area contributed by atoms with Gasteiger partial charge in [-0.25, -0.2) is 14.4 Å². The monoisotopic (exact) mass is 411 g/mol. The molecular weight excluding hydrogens is 393 g/mol. The molecule has 3 N–H and O–H groups in total. The lowest BCUT2D eigenvalue weighted by atomic mass is 10.1. The zero-order chi connectivity index (χ0) is 21.4. The molecule has 0 unspecified atom stereocenters. The minimum absolute atomic E-state index is 0.0357. The third kappa shape index (κ3) is 3.41. The molecule has 0 saturated carbocycles. The highest BCUT2D eigenvalue weighted by molar-refractivity contribution is 5.87. The van der Waals surface area contributed by atoms with E-state index in [1.54, 1.807) is 24.5 Å². The SMILES string of the molecule is Nc1ncccc1-c1nc2cnc(-c3ccc(F)cc3)cc2n1-c1ccc(CO)cc1. The van der Waals surface area contributed by atoms with Crippen LogP contribution in [0.3, 0.4) is 0 Å². The smallest absolute Gasteiger partial charge is 0.149 e. The number of nitrogen functional groups attached to an aromatic ring is 1. The lowest BCUT2D eigenvalue weighted by Crippen LogP contribution is -2.01. The van der Waals surface area contributed by atoms with E-state index < -0.39 is 0 Å². The van der Waals surface area contributed by atoms with E-state index in [1.807, 2.05) is 47.0 Å². The lowest BCUT2D eigenvalue weighted by Gasteiger charge is -2.11. The number of aliphatic hydroxyl groups excluding tert-OH is 1. The highest BCUT2D eigenvalue weighted by Gasteiger charge is 2.18. The summed E-state index contributed by atoms with van der Waals surface area (Å²) in [6, 6.07) is 19.4. The zero-order valence-electron chi connectivity index (χ0n) is 16.4. The van der Waals surface area contributed by atoms with Gasteiger partial charge in [-0.1, -0.05) is 12.1 Å². The summed E-state index contributed by atoms with van der Waals surface area (Å²) >= 11 is 0. The first-order chi connectivity index (χ1) is 15.1. The van der Waals surface area contributed by atoms with Crippen LogP contribution in [0.5, 0.6) is 0 Å². The highest BCUT2D eigenvalue weighted by atomic mass is 19.1. The fourth-order valence-electron chi connectivity index (χ4n) is 3.56. The number of nitrogens with zero attached hydrogens (tertiary/aromatic N) is 4. The second kappa shape index (κ2) is 7.62. The molecule has 152 valence electrons. The predicted molar refractivity (Wildman–Crippen MR) is 118 cm³/mol. The molecule has 3 heterocycles. The van der Waals surface area contributed by atoms with Crippen LogP contribution in [-0.4, -0.2) is 24.6 Å². The van der Waals surface area contributed by atoms with E-state index in [-0.39, 0.29) is 12.4 Å². The second-order valence-corrected chi connectivity index (χ2v) is 7.10. The second-order valence-electron chi connectivity index (χ2n) is 7.10. The van der Waals surface area contributed by atoms with Crippen molar-refractivity contribution in [1.82, 2.24) is 19.5 Å². The standard InChI is InChI=1S/C24H18FN5O/c25-17-7-5-16(6-8-17)20-12-22-21(13-28-20)29-24(19-2-1-11-27-23(19)26)30(22)18-9-3-15(14-31)4-10-18/h1-13,31H,14H2,(H2,26,27). The van der Waals surface area contributed by atoms with Gasteiger partial charge in [0, 0.05) is 17.4 Å². The van der Waals surface area contributed by atoms with Gasteiger partial charge in [0.05, 0.1) is 29.6 Å². The van der Waals surface area contributed by atoms with E-state index >= 15 is 0 Å². The third-order valence-electron chi connectivity index (χ3n) is 5.14. The maximum Gasteiger partial charge on any atom is 0.149 e. The van der Waals surface area contributed by atoms with Crippen LogP contribution in [-0.2, 0) is 6.61 Å². The molecule has 6 nitrogen and oxygen atoms in total. The van der Waals surface area contributed by atoms with Gasteiger partial charge in [0.15, 0.2) is 0 Å². The lowest BCUT2D eigenvalue weighted by molar-refractivity contribution is 0.282. The average molecular weight is 411 g/mol. The summed E-state index contributed by atoms with van der Waals surface area (Å²) in [5.74, 6) is 0.710. The Labute approximate surface area is 177 Å². The largest absolute Gasteiger partial charge is 0.392 e. The van der Waals surface area contributed by atoms with Gasteiger partial charge in [0.1, 0.15) is 23.0 Å². The Bertz CT molecular complexity index is 1380. The molecule has 0 saturated heterocycles. The van der Waals surface area contributed by atoms with Gasteiger partial charge in [-0.3, -0.25) is 9.55 Å². The average Bonchev–Trinajstić information content (AvgIpc) is 3.18. The summed E-state index contributed by atoms with van der Waals surface area (Å²) in [5, 5.41) is 9.40. The molecule has 31 heavy (non-hydrogen) atoms. The maximum atomic E-state index is 13.4. The molecule has 0 atom stereocenters. The number of aliphatic hydroxyl groups is 1. The summed E-state index contributed by atoms with van der Waals surface area (Å²) in [6.45, 7) is -0.0357. The number of fused-ring (bicyclic) bond motifs is 1. The topological polar surface area (TPSA) is 89.9 Å². The number of hydrogen-bond acceptors (Lipinski definition) is 5. The first-order valence-electron chi connectivity index (χ1n) is 9.69. The number of imidazole rings is 1. The van der Waals surface area contributed by atoms with Crippen LogP contribution in [0, 0.1) is 5.82 Å². The fraction of sp³-hybridized carbons (Fsp3) is 0.0417. The molecule has 3 aromatic heterocycles. The van der Waals surface area contributed by atoms with E-state index in [2.05, 4.69) is 9.97 Å². The van der Waals surface area contributed by atoms with Gasteiger partial charge < -0.3 is 10.8 Å². The van der Waals surface area contributed by atoms with Gasteiger partial charge >= 0.3 is 0 Å². The molecule has 0 radical (unpaired) electrons. The van der Waals surface area contributed by atoms with Crippen LogP contribution in [0.25, 0.3) is 39.4 Å². The van der Waals surface area contributed by atoms with Crippen molar-refractivity contribution in [2.75, 3.05) is 5.73 Å². The molecule has 0 bridgehead atoms. The van der Waals surface area contributed by atoms with Crippen LogP contribution in [0.15, 0.2) is 79.1 Å². The number of anilines is 1. The number of halogens is 1. The van der Waals surface area contributed by atoms with Gasteiger partial charge in [-0.2, -0.15) is 0 Å². The van der Waals surface area contributed by atoms with E-state index in [0.717, 1.165) is 22.3 Å². The number of nitrogens with two attached hydrogens (primary N) is 1. The number of benzene rings is 2. The minimum atomic E-state index is -0.298. The highest BCUT2D eigenvalue weighted by Crippen LogP contribution is 2.32. The molecule has 0 aliphatic heterocycles. The Morgan fingerprint density at radius 1 is 0.968 bits per heavy atom. The Balaban J connectivity index is 1.77. The molecule has 0 aliphatic rings. The van der Waals surface area contributed by atoms with Gasteiger partial charge in [0.25, 0.3) is 0 Å². The van der Waals surface area contributed by atoms with Gasteiger partial charge in [-0.05, 0) is 60.2 Å². The van der Waals surface area contributed by atoms with Crippen molar-refractivity contribution in [3.05, 3.63) is 90.5 Å². The molecular formula is C24H18FN5O. The number of hydrogen-bond donors (Lipinski definition) is 2. The Morgan fingerprint density at radius 3 is 2.45 bits per heavy atom. The number of pyridine rings is 2. The molecule has 2 aromatic carbocycles. The Kier molecular flexibility index (Phi) is 4.65. The van der Waals surface area contributed by atoms with Crippen LogP contribution in [0.1, 0.15) is 5.56 Å². The van der Waals surface area contributed by atoms with Crippen LogP contribution in [0.2, 0.25) is 0 Å². The minimum Gasteiger partial charge on any atom is -0.392 e. The molecule has 0 amide bonds. The molecule has 0 fully saturated rings. The first kappa shape index (κ1) is 18.9. The van der Waals surface area contributed by atoms with E-state index in [4.69, 9.17) is 10.7 Å². The first-order valence-corrected chi connectivity index (χ1v) is 9.69. The number of rotatable bonds is 4. The van der Waals surface area contributed by atoms with Crippen molar-refractivity contribution in [1.29, 1.82) is 0 Å². The van der Waals surface area contributed by atoms with Gasteiger partial charge in [-0.15, -0.1) is 0 Å². The summed E-state index contributed by atoms with van der Waals surface area (Å²) < 4.78 is 15.3.